The quantitative estimate of drug-likeness (QED) is 0.850. The highest BCUT2D eigenvalue weighted by molar-refractivity contribution is 7.91. The molecule has 2 rings (SSSR count). The first-order chi connectivity index (χ1) is 9.40. The second kappa shape index (κ2) is 5.65. The van der Waals surface area contributed by atoms with E-state index in [9.17, 15) is 18.3 Å². The van der Waals surface area contributed by atoms with Gasteiger partial charge in [-0.05, 0) is 12.5 Å². The molecule has 1 heterocycles. The van der Waals surface area contributed by atoms with Crippen molar-refractivity contribution in [2.75, 3.05) is 0 Å². The molecule has 0 saturated carbocycles. The van der Waals surface area contributed by atoms with Crippen LogP contribution in [-0.4, -0.2) is 29.7 Å². The number of nitrogens with one attached hydrogen (secondary N) is 1. The summed E-state index contributed by atoms with van der Waals surface area (Å²) < 4.78 is 26.0. The Hall–Kier alpha value is -1.84. The summed E-state index contributed by atoms with van der Waals surface area (Å²) in [6, 6.07) is 6.68. The van der Waals surface area contributed by atoms with Crippen molar-refractivity contribution < 1.29 is 18.3 Å². The van der Waals surface area contributed by atoms with Crippen LogP contribution in [-0.2, 0) is 14.8 Å². The van der Waals surface area contributed by atoms with E-state index in [2.05, 4.69) is 14.9 Å². The number of benzene rings is 1. The minimum atomic E-state index is -4.02. The third-order valence-electron chi connectivity index (χ3n) is 2.39. The monoisotopic (exact) mass is 313 g/mol. The van der Waals surface area contributed by atoms with Gasteiger partial charge in [0, 0.05) is 0 Å². The van der Waals surface area contributed by atoms with Crippen LogP contribution in [0, 0.1) is 6.92 Å². The van der Waals surface area contributed by atoms with Crippen LogP contribution < -0.4 is 4.72 Å². The van der Waals surface area contributed by atoms with Gasteiger partial charge in [0.05, 0.1) is 0 Å². The molecule has 0 aliphatic carbocycles. The van der Waals surface area contributed by atoms with Crippen molar-refractivity contribution in [2.24, 2.45) is 0 Å². The second-order valence-corrected chi connectivity index (χ2v) is 6.96. The van der Waals surface area contributed by atoms with Gasteiger partial charge < -0.3 is 5.11 Å². The van der Waals surface area contributed by atoms with Crippen LogP contribution in [0.4, 0.5) is 0 Å². The van der Waals surface area contributed by atoms with Crippen LogP contribution in [0.25, 0.3) is 0 Å². The fourth-order valence-corrected chi connectivity index (χ4v) is 3.66. The molecule has 0 spiro atoms. The number of hydrogen-bond donors (Lipinski definition) is 2. The van der Waals surface area contributed by atoms with Crippen LogP contribution in [0.2, 0.25) is 0 Å². The molecule has 0 aliphatic rings. The van der Waals surface area contributed by atoms with E-state index in [0.29, 0.717) is 10.6 Å². The van der Waals surface area contributed by atoms with Gasteiger partial charge in [-0.2, -0.15) is 4.72 Å². The summed E-state index contributed by atoms with van der Waals surface area (Å²) in [5.41, 5.74) is 0.338. The smallest absolute Gasteiger partial charge is 0.326 e. The van der Waals surface area contributed by atoms with E-state index >= 15 is 0 Å². The second-order valence-electron chi connectivity index (χ2n) is 3.89. The number of hydrogen-bond acceptors (Lipinski definition) is 6. The molecular formula is C11H11N3O4S2. The number of carbonyl (C=O) groups is 1. The molecular weight excluding hydrogens is 302 g/mol. The molecule has 1 aromatic heterocycles. The standard InChI is InChI=1S/C11H11N3O4S2/c1-7-12-13-11(19-7)20(17,18)14-9(10(15)16)8-5-3-2-4-6-8/h2-6,9,14H,1H3,(H,15,16)/t9-/m0/s1. The summed E-state index contributed by atoms with van der Waals surface area (Å²) in [7, 11) is -4.02. The molecule has 0 radical (unpaired) electrons. The molecule has 0 aliphatic heterocycles. The van der Waals surface area contributed by atoms with Crippen molar-refractivity contribution in [3.05, 3.63) is 40.9 Å². The summed E-state index contributed by atoms with van der Waals surface area (Å²) in [6.45, 7) is 1.61. The average molecular weight is 313 g/mol. The van der Waals surface area contributed by atoms with Crippen molar-refractivity contribution >= 4 is 27.3 Å². The van der Waals surface area contributed by atoms with E-state index in [4.69, 9.17) is 0 Å². The van der Waals surface area contributed by atoms with Crippen molar-refractivity contribution in [3.63, 3.8) is 0 Å². The lowest BCUT2D eigenvalue weighted by Gasteiger charge is -2.13. The van der Waals surface area contributed by atoms with E-state index in [-0.39, 0.29) is 4.34 Å². The van der Waals surface area contributed by atoms with Crippen LogP contribution >= 0.6 is 11.3 Å². The van der Waals surface area contributed by atoms with E-state index in [0.717, 1.165) is 11.3 Å². The van der Waals surface area contributed by atoms with Crippen molar-refractivity contribution in [2.45, 2.75) is 17.3 Å². The van der Waals surface area contributed by atoms with Crippen LogP contribution in [0.15, 0.2) is 34.7 Å². The van der Waals surface area contributed by atoms with Crippen LogP contribution in [0.5, 0.6) is 0 Å². The Kier molecular flexibility index (Phi) is 4.12. The van der Waals surface area contributed by atoms with Crippen LogP contribution in [0.1, 0.15) is 16.6 Å². The van der Waals surface area contributed by atoms with Crippen molar-refractivity contribution in [1.82, 2.24) is 14.9 Å². The number of carboxylic acid groups (broad SMARTS) is 1. The Labute approximate surface area is 119 Å². The predicted molar refractivity (Wildman–Crippen MR) is 71.8 cm³/mol. The Morgan fingerprint density at radius 3 is 2.45 bits per heavy atom. The fourth-order valence-electron chi connectivity index (χ4n) is 1.50. The van der Waals surface area contributed by atoms with Gasteiger partial charge >= 0.3 is 5.97 Å². The maximum absolute atomic E-state index is 12.1. The minimum Gasteiger partial charge on any atom is -0.480 e. The largest absolute Gasteiger partial charge is 0.480 e. The number of nitrogens with zero attached hydrogens (tertiary/aromatic N) is 2. The van der Waals surface area contributed by atoms with Gasteiger partial charge in [-0.1, -0.05) is 41.7 Å². The summed E-state index contributed by atoms with van der Waals surface area (Å²) in [6.07, 6.45) is 0. The van der Waals surface area contributed by atoms with Crippen molar-refractivity contribution in [3.8, 4) is 0 Å². The molecule has 0 saturated heterocycles. The average Bonchev–Trinajstić information content (AvgIpc) is 2.84. The number of sulfonamides is 1. The molecule has 0 bridgehead atoms. The number of aromatic nitrogens is 2. The van der Waals surface area contributed by atoms with Crippen LogP contribution in [0.3, 0.4) is 0 Å². The third-order valence-corrected chi connectivity index (χ3v) is 5.02. The van der Waals surface area contributed by atoms with Gasteiger partial charge in [0.1, 0.15) is 11.0 Å². The highest BCUT2D eigenvalue weighted by atomic mass is 32.2. The molecule has 106 valence electrons. The zero-order chi connectivity index (χ0) is 14.8. The van der Waals surface area contributed by atoms with E-state index < -0.39 is 22.0 Å². The first-order valence-electron chi connectivity index (χ1n) is 5.50. The summed E-state index contributed by atoms with van der Waals surface area (Å²) >= 11 is 0.878. The number of carboxylic acids is 1. The molecule has 1 atom stereocenters. The summed E-state index contributed by atoms with van der Waals surface area (Å²) in [4.78, 5) is 11.3. The Morgan fingerprint density at radius 2 is 1.95 bits per heavy atom. The number of aliphatic carboxylic acids is 1. The predicted octanol–water partition coefficient (Wildman–Crippen LogP) is 0.951. The zero-order valence-electron chi connectivity index (χ0n) is 10.3. The molecule has 0 unspecified atom stereocenters. The highest BCUT2D eigenvalue weighted by Gasteiger charge is 2.29. The molecule has 0 amide bonds. The van der Waals surface area contributed by atoms with Gasteiger partial charge in [-0.25, -0.2) is 8.42 Å². The van der Waals surface area contributed by atoms with E-state index in [1.165, 1.54) is 12.1 Å². The third kappa shape index (κ3) is 3.18. The topological polar surface area (TPSA) is 109 Å². The van der Waals surface area contributed by atoms with Gasteiger partial charge in [-0.15, -0.1) is 10.2 Å². The lowest BCUT2D eigenvalue weighted by molar-refractivity contribution is -0.139. The molecule has 2 N–H and O–H groups in total. The number of rotatable bonds is 5. The van der Waals surface area contributed by atoms with Crippen molar-refractivity contribution in [1.29, 1.82) is 0 Å². The molecule has 0 fully saturated rings. The van der Waals surface area contributed by atoms with Gasteiger partial charge in [0.2, 0.25) is 4.34 Å². The Morgan fingerprint density at radius 1 is 1.30 bits per heavy atom. The van der Waals surface area contributed by atoms with E-state index in [1.807, 2.05) is 0 Å². The SMILES string of the molecule is Cc1nnc(S(=O)(=O)N[C@H](C(=O)O)c2ccccc2)s1. The molecule has 1 aromatic carbocycles. The fraction of sp³-hybridized carbons (Fsp3) is 0.182. The Balaban J connectivity index is 2.32. The van der Waals surface area contributed by atoms with Gasteiger partial charge in [-0.3, -0.25) is 4.79 Å². The maximum Gasteiger partial charge on any atom is 0.326 e. The maximum atomic E-state index is 12.1. The molecule has 20 heavy (non-hydrogen) atoms. The molecule has 2 aromatic rings. The minimum absolute atomic E-state index is 0.253. The zero-order valence-corrected chi connectivity index (χ0v) is 12.0. The molecule has 9 heteroatoms. The highest BCUT2D eigenvalue weighted by Crippen LogP contribution is 2.19. The lowest BCUT2D eigenvalue weighted by atomic mass is 10.1. The first kappa shape index (κ1) is 14.6. The molecule has 7 nitrogen and oxygen atoms in total. The number of aryl methyl sites for hydroxylation is 1. The van der Waals surface area contributed by atoms with Gasteiger partial charge in [0.25, 0.3) is 10.0 Å². The normalized spacial score (nSPS) is 13.1. The Bertz CT molecular complexity index is 712. The first-order valence-corrected chi connectivity index (χ1v) is 7.80. The van der Waals surface area contributed by atoms with E-state index in [1.54, 1.807) is 25.1 Å². The lowest BCUT2D eigenvalue weighted by Crippen LogP contribution is -2.33. The summed E-state index contributed by atoms with van der Waals surface area (Å²) in [5, 5.41) is 16.8. The summed E-state index contributed by atoms with van der Waals surface area (Å²) in [5.74, 6) is -1.29. The van der Waals surface area contributed by atoms with Gasteiger partial charge in [0.15, 0.2) is 0 Å².